The van der Waals surface area contributed by atoms with E-state index in [0.29, 0.717) is 12.1 Å². The van der Waals surface area contributed by atoms with Gasteiger partial charge >= 0.3 is 0 Å². The quantitative estimate of drug-likeness (QED) is 0.827. The molecular weight excluding hydrogens is 302 g/mol. The minimum atomic E-state index is -0.0432. The van der Waals surface area contributed by atoms with E-state index in [1.165, 1.54) is 12.8 Å². The Morgan fingerprint density at radius 1 is 1.29 bits per heavy atom. The molecule has 0 radical (unpaired) electrons. The van der Waals surface area contributed by atoms with E-state index >= 15 is 0 Å². The number of amides is 1. The van der Waals surface area contributed by atoms with Crippen molar-refractivity contribution in [2.75, 3.05) is 24.5 Å². The lowest BCUT2D eigenvalue weighted by Crippen LogP contribution is -2.29. The predicted octanol–water partition coefficient (Wildman–Crippen LogP) is 2.32. The molecule has 1 amide bonds. The number of pyridine rings is 1. The van der Waals surface area contributed by atoms with Gasteiger partial charge in [0.25, 0.3) is 5.91 Å². The summed E-state index contributed by atoms with van der Waals surface area (Å²) in [6.45, 7) is 7.45. The number of aryl methyl sites for hydroxylation is 3. The van der Waals surface area contributed by atoms with E-state index in [-0.39, 0.29) is 5.91 Å². The molecule has 6 nitrogen and oxygen atoms in total. The standard InChI is InChI=1S/C18H25N5O/c1-14-13-15(2)23(21-14)12-6-9-20-18(24)16-7-5-8-19-17(16)22-10-3-4-11-22/h5,7-8,13H,3-4,6,9-12H2,1-2H3,(H,20,24). The second-order valence-corrected chi connectivity index (χ2v) is 6.33. The first-order valence-electron chi connectivity index (χ1n) is 8.64. The Bertz CT molecular complexity index is 703. The van der Waals surface area contributed by atoms with Crippen LogP contribution in [0.2, 0.25) is 0 Å². The fraction of sp³-hybridized carbons (Fsp3) is 0.500. The molecule has 0 aliphatic carbocycles. The van der Waals surface area contributed by atoms with Gasteiger partial charge in [0.2, 0.25) is 0 Å². The molecule has 1 aliphatic heterocycles. The molecule has 0 spiro atoms. The van der Waals surface area contributed by atoms with Gasteiger partial charge in [-0.3, -0.25) is 9.48 Å². The lowest BCUT2D eigenvalue weighted by molar-refractivity contribution is 0.0953. The number of nitrogens with one attached hydrogen (secondary N) is 1. The number of aromatic nitrogens is 3. The van der Waals surface area contributed by atoms with Crippen LogP contribution < -0.4 is 10.2 Å². The van der Waals surface area contributed by atoms with Gasteiger partial charge in [-0.15, -0.1) is 0 Å². The fourth-order valence-corrected chi connectivity index (χ4v) is 3.18. The van der Waals surface area contributed by atoms with E-state index in [9.17, 15) is 4.79 Å². The van der Waals surface area contributed by atoms with Gasteiger partial charge < -0.3 is 10.2 Å². The van der Waals surface area contributed by atoms with Crippen LogP contribution in [-0.4, -0.2) is 40.3 Å². The fourth-order valence-electron chi connectivity index (χ4n) is 3.18. The molecule has 3 rings (SSSR count). The van der Waals surface area contributed by atoms with Gasteiger partial charge in [-0.05, 0) is 51.3 Å². The third kappa shape index (κ3) is 3.75. The van der Waals surface area contributed by atoms with Crippen molar-refractivity contribution >= 4 is 11.7 Å². The minimum Gasteiger partial charge on any atom is -0.356 e. The molecule has 0 atom stereocenters. The maximum absolute atomic E-state index is 12.5. The topological polar surface area (TPSA) is 63.1 Å². The molecule has 0 aromatic carbocycles. The number of hydrogen-bond donors (Lipinski definition) is 1. The summed E-state index contributed by atoms with van der Waals surface area (Å²) in [7, 11) is 0. The Morgan fingerprint density at radius 2 is 2.08 bits per heavy atom. The number of carbonyl (C=O) groups excluding carboxylic acids is 1. The van der Waals surface area contributed by atoms with E-state index in [1.54, 1.807) is 6.20 Å². The van der Waals surface area contributed by atoms with Crippen LogP contribution in [0.25, 0.3) is 0 Å². The first-order chi connectivity index (χ1) is 11.6. The molecular formula is C18H25N5O. The minimum absolute atomic E-state index is 0.0432. The van der Waals surface area contributed by atoms with Crippen molar-refractivity contribution in [2.45, 2.75) is 39.7 Å². The highest BCUT2D eigenvalue weighted by molar-refractivity contribution is 5.98. The molecule has 2 aromatic heterocycles. The van der Waals surface area contributed by atoms with Gasteiger partial charge in [-0.2, -0.15) is 5.10 Å². The monoisotopic (exact) mass is 327 g/mol. The Hall–Kier alpha value is -2.37. The third-order valence-corrected chi connectivity index (χ3v) is 4.37. The zero-order chi connectivity index (χ0) is 16.9. The van der Waals surface area contributed by atoms with E-state index < -0.39 is 0 Å². The van der Waals surface area contributed by atoms with Crippen molar-refractivity contribution in [1.82, 2.24) is 20.1 Å². The third-order valence-electron chi connectivity index (χ3n) is 4.37. The van der Waals surface area contributed by atoms with E-state index in [2.05, 4.69) is 33.3 Å². The molecule has 1 saturated heterocycles. The average Bonchev–Trinajstić information content (AvgIpc) is 3.21. The molecule has 1 fully saturated rings. The normalized spacial score (nSPS) is 14.2. The zero-order valence-electron chi connectivity index (χ0n) is 14.5. The number of anilines is 1. The maximum Gasteiger partial charge on any atom is 0.255 e. The first kappa shape index (κ1) is 16.5. The van der Waals surface area contributed by atoms with Crippen molar-refractivity contribution in [1.29, 1.82) is 0 Å². The van der Waals surface area contributed by atoms with Crippen molar-refractivity contribution < 1.29 is 4.79 Å². The molecule has 1 N–H and O–H groups in total. The number of hydrogen-bond acceptors (Lipinski definition) is 4. The second kappa shape index (κ2) is 7.47. The van der Waals surface area contributed by atoms with Crippen LogP contribution >= 0.6 is 0 Å². The summed E-state index contributed by atoms with van der Waals surface area (Å²) in [5.41, 5.74) is 2.86. The van der Waals surface area contributed by atoms with Gasteiger partial charge in [0, 0.05) is 38.1 Å². The highest BCUT2D eigenvalue weighted by Crippen LogP contribution is 2.21. The summed E-state index contributed by atoms with van der Waals surface area (Å²) >= 11 is 0. The summed E-state index contributed by atoms with van der Waals surface area (Å²) in [6, 6.07) is 5.75. The summed E-state index contributed by atoms with van der Waals surface area (Å²) in [4.78, 5) is 19.1. The maximum atomic E-state index is 12.5. The van der Waals surface area contributed by atoms with Gasteiger partial charge in [-0.1, -0.05) is 0 Å². The lowest BCUT2D eigenvalue weighted by atomic mass is 10.2. The SMILES string of the molecule is Cc1cc(C)n(CCCNC(=O)c2cccnc2N2CCCC2)n1. The summed E-state index contributed by atoms with van der Waals surface area (Å²) in [5.74, 6) is 0.768. The Morgan fingerprint density at radius 3 is 2.79 bits per heavy atom. The summed E-state index contributed by atoms with van der Waals surface area (Å²) in [5, 5.41) is 7.45. The average molecular weight is 327 g/mol. The Labute approximate surface area is 142 Å². The van der Waals surface area contributed by atoms with Crippen molar-refractivity contribution in [2.24, 2.45) is 0 Å². The molecule has 6 heteroatoms. The summed E-state index contributed by atoms with van der Waals surface area (Å²) in [6.07, 6.45) is 4.95. The molecule has 0 bridgehead atoms. The smallest absolute Gasteiger partial charge is 0.255 e. The number of nitrogens with zero attached hydrogens (tertiary/aromatic N) is 4. The lowest BCUT2D eigenvalue weighted by Gasteiger charge is -2.19. The molecule has 1 aliphatic rings. The van der Waals surface area contributed by atoms with Crippen LogP contribution in [0.15, 0.2) is 24.4 Å². The molecule has 0 unspecified atom stereocenters. The van der Waals surface area contributed by atoms with Gasteiger partial charge in [0.1, 0.15) is 5.82 Å². The van der Waals surface area contributed by atoms with E-state index in [4.69, 9.17) is 0 Å². The van der Waals surface area contributed by atoms with Gasteiger partial charge in [0.05, 0.1) is 11.3 Å². The van der Waals surface area contributed by atoms with Gasteiger partial charge in [0.15, 0.2) is 0 Å². The van der Waals surface area contributed by atoms with Crippen molar-refractivity contribution in [3.05, 3.63) is 41.3 Å². The van der Waals surface area contributed by atoms with Crippen LogP contribution in [0.5, 0.6) is 0 Å². The second-order valence-electron chi connectivity index (χ2n) is 6.33. The van der Waals surface area contributed by atoms with E-state index in [0.717, 1.165) is 43.3 Å². The predicted molar refractivity (Wildman–Crippen MR) is 94.3 cm³/mol. The largest absolute Gasteiger partial charge is 0.356 e. The highest BCUT2D eigenvalue weighted by Gasteiger charge is 2.20. The van der Waals surface area contributed by atoms with Crippen LogP contribution in [0, 0.1) is 13.8 Å². The van der Waals surface area contributed by atoms with Gasteiger partial charge in [-0.25, -0.2) is 4.98 Å². The number of carbonyl (C=O) groups is 1. The molecule has 3 heterocycles. The Kier molecular flexibility index (Phi) is 5.13. The molecule has 0 saturated carbocycles. The van der Waals surface area contributed by atoms with Crippen LogP contribution in [0.1, 0.15) is 41.0 Å². The zero-order valence-corrected chi connectivity index (χ0v) is 14.5. The van der Waals surface area contributed by atoms with Crippen LogP contribution in [-0.2, 0) is 6.54 Å². The highest BCUT2D eigenvalue weighted by atomic mass is 16.1. The van der Waals surface area contributed by atoms with Crippen molar-refractivity contribution in [3.63, 3.8) is 0 Å². The van der Waals surface area contributed by atoms with Crippen molar-refractivity contribution in [3.8, 4) is 0 Å². The van der Waals surface area contributed by atoms with Crippen LogP contribution in [0.3, 0.4) is 0 Å². The van der Waals surface area contributed by atoms with Crippen LogP contribution in [0.4, 0.5) is 5.82 Å². The Balaban J connectivity index is 1.54. The summed E-state index contributed by atoms with van der Waals surface area (Å²) < 4.78 is 1.99. The first-order valence-corrected chi connectivity index (χ1v) is 8.64. The number of rotatable bonds is 6. The molecule has 2 aromatic rings. The molecule has 128 valence electrons. The molecule has 24 heavy (non-hydrogen) atoms. The van der Waals surface area contributed by atoms with E-state index in [1.807, 2.05) is 23.7 Å².